The Morgan fingerprint density at radius 3 is 1.88 bits per heavy atom. The van der Waals surface area contributed by atoms with Crippen LogP contribution in [0.5, 0.6) is 0 Å². The average Bonchev–Trinajstić information content (AvgIpc) is 2.92. The zero-order valence-corrected chi connectivity index (χ0v) is 27.4. The van der Waals surface area contributed by atoms with Crippen molar-refractivity contribution in [1.82, 2.24) is 20.4 Å². The molecule has 15 heteroatoms. The van der Waals surface area contributed by atoms with Gasteiger partial charge in [0, 0.05) is 52.0 Å². The van der Waals surface area contributed by atoms with Crippen LogP contribution < -0.4 is 10.6 Å². The Morgan fingerprint density at radius 2 is 1.35 bits per heavy atom. The molecule has 0 saturated carbocycles. The van der Waals surface area contributed by atoms with Gasteiger partial charge in [-0.1, -0.05) is 6.92 Å². The molecule has 0 radical (unpaired) electrons. The van der Waals surface area contributed by atoms with E-state index in [-0.39, 0.29) is 25.1 Å². The number of esters is 1. The molecule has 0 aromatic rings. The van der Waals surface area contributed by atoms with E-state index in [0.29, 0.717) is 37.1 Å². The molecule has 0 aliphatic carbocycles. The van der Waals surface area contributed by atoms with Crippen LogP contribution in [-0.4, -0.2) is 143 Å². The maximum absolute atomic E-state index is 12.4. The van der Waals surface area contributed by atoms with E-state index >= 15 is 0 Å². The lowest BCUT2D eigenvalue weighted by molar-refractivity contribution is -0.147. The quantitative estimate of drug-likeness (QED) is 0.0755. The van der Waals surface area contributed by atoms with Crippen molar-refractivity contribution >= 4 is 38.7 Å². The van der Waals surface area contributed by atoms with E-state index in [1.807, 2.05) is 38.0 Å². The zero-order valence-electron chi connectivity index (χ0n) is 25.6. The van der Waals surface area contributed by atoms with E-state index in [1.54, 1.807) is 28.3 Å². The molecule has 0 saturated heterocycles. The molecule has 0 aliphatic rings. The van der Waals surface area contributed by atoms with Gasteiger partial charge in [-0.15, -0.1) is 0 Å². The number of hydrogen-bond acceptors (Lipinski definition) is 12. The number of nitrogens with zero attached hydrogens (tertiary/aromatic N) is 2. The first-order chi connectivity index (χ1) is 19.0. The van der Waals surface area contributed by atoms with Crippen molar-refractivity contribution < 1.29 is 41.9 Å². The van der Waals surface area contributed by atoms with Crippen LogP contribution in [0.15, 0.2) is 0 Å². The molecule has 0 aromatic heterocycles. The number of rotatable bonds is 23. The van der Waals surface area contributed by atoms with E-state index < -0.39 is 27.1 Å². The Kier molecular flexibility index (Phi) is 22.1. The number of alkyl carbamates (subject to hydrolysis) is 2. The number of thioether (sulfide) groups is 1. The maximum atomic E-state index is 12.4. The van der Waals surface area contributed by atoms with Crippen molar-refractivity contribution in [2.24, 2.45) is 5.92 Å². The number of ether oxygens (including phenoxy) is 3. The Balaban J connectivity index is 4.62. The van der Waals surface area contributed by atoms with Gasteiger partial charge in [0.1, 0.15) is 12.7 Å². The lowest BCUT2D eigenvalue weighted by Crippen LogP contribution is -2.42. The maximum Gasteiger partial charge on any atom is 0.500 e. The van der Waals surface area contributed by atoms with Gasteiger partial charge in [0.15, 0.2) is 0 Å². The highest BCUT2D eigenvalue weighted by Gasteiger charge is 2.37. The number of hydrogen-bond donors (Lipinski definition) is 2. The number of nitrogens with one attached hydrogen (secondary N) is 2. The largest absolute Gasteiger partial charge is 0.500 e. The molecule has 236 valence electrons. The van der Waals surface area contributed by atoms with E-state index in [1.165, 1.54) is 11.8 Å². The minimum absolute atomic E-state index is 0.0966. The molecule has 0 aromatic carbocycles. The first kappa shape index (κ1) is 38.4. The van der Waals surface area contributed by atoms with Crippen LogP contribution in [0.4, 0.5) is 9.59 Å². The van der Waals surface area contributed by atoms with Gasteiger partial charge in [0.05, 0.1) is 12.5 Å². The highest BCUT2D eigenvalue weighted by molar-refractivity contribution is 7.99. The summed E-state index contributed by atoms with van der Waals surface area (Å²) in [6.07, 6.45) is 0.303. The normalized spacial score (nSPS) is 13.2. The summed E-state index contributed by atoms with van der Waals surface area (Å²) in [7, 11) is 9.77. The Hall–Kier alpha value is -1.62. The second kappa shape index (κ2) is 23.0. The van der Waals surface area contributed by atoms with Gasteiger partial charge in [-0.3, -0.25) is 4.79 Å². The average molecular weight is 613 g/mol. The standard InChI is InChI=1S/C25H52N4O9SSi/c1-21(23(30)36-16-11-17-40(33-6,34-7)35-8)19-39-20-22(38-25(32)27-13-10-15-29(4)5)18-37-24(31)26-12-9-14-28(2)3/h21-22H,9-20H2,1-8H3,(H,26,31)(H,27,32). The highest BCUT2D eigenvalue weighted by atomic mass is 32.2. The Labute approximate surface area is 245 Å². The summed E-state index contributed by atoms with van der Waals surface area (Å²) in [4.78, 5) is 40.8. The summed E-state index contributed by atoms with van der Waals surface area (Å²) < 4.78 is 32.3. The molecule has 0 aliphatic heterocycles. The van der Waals surface area contributed by atoms with Crippen LogP contribution >= 0.6 is 11.8 Å². The minimum atomic E-state index is -2.70. The van der Waals surface area contributed by atoms with Crippen LogP contribution in [0.2, 0.25) is 6.04 Å². The Bertz CT molecular complexity index is 695. The third-order valence-electron chi connectivity index (χ3n) is 5.66. The zero-order chi connectivity index (χ0) is 30.4. The van der Waals surface area contributed by atoms with Crippen LogP contribution in [-0.2, 0) is 32.3 Å². The highest BCUT2D eigenvalue weighted by Crippen LogP contribution is 2.16. The van der Waals surface area contributed by atoms with Crippen LogP contribution in [0.1, 0.15) is 26.2 Å². The summed E-state index contributed by atoms with van der Waals surface area (Å²) in [6.45, 7) is 4.53. The molecule has 2 N–H and O–H groups in total. The fourth-order valence-electron chi connectivity index (χ4n) is 3.30. The van der Waals surface area contributed by atoms with Gasteiger partial charge in [0.25, 0.3) is 0 Å². The second-order valence-corrected chi connectivity index (χ2v) is 14.0. The smallest absolute Gasteiger partial charge is 0.465 e. The topological polar surface area (TPSA) is 137 Å². The van der Waals surface area contributed by atoms with Crippen molar-refractivity contribution in [3.05, 3.63) is 0 Å². The van der Waals surface area contributed by atoms with Crippen LogP contribution in [0.25, 0.3) is 0 Å². The van der Waals surface area contributed by atoms with Gasteiger partial charge in [-0.05, 0) is 60.5 Å². The number of carbonyl (C=O) groups is 3. The number of amides is 2. The first-order valence-corrected chi connectivity index (χ1v) is 16.6. The molecule has 0 fully saturated rings. The fourth-order valence-corrected chi connectivity index (χ4v) is 6.05. The summed E-state index contributed by atoms with van der Waals surface area (Å²) in [5.74, 6) is 0.102. The predicted molar refractivity (Wildman–Crippen MR) is 158 cm³/mol. The molecular formula is C25H52N4O9SSi. The lowest BCUT2D eigenvalue weighted by atomic mass is 10.2. The molecule has 2 amide bonds. The molecule has 2 unspecified atom stereocenters. The van der Waals surface area contributed by atoms with Gasteiger partial charge < -0.3 is 47.9 Å². The van der Waals surface area contributed by atoms with E-state index in [4.69, 9.17) is 27.5 Å². The minimum Gasteiger partial charge on any atom is -0.465 e. The summed E-state index contributed by atoms with van der Waals surface area (Å²) in [6, 6.07) is 0.534. The Morgan fingerprint density at radius 1 is 0.800 bits per heavy atom. The van der Waals surface area contributed by atoms with E-state index in [2.05, 4.69) is 10.6 Å². The van der Waals surface area contributed by atoms with Crippen molar-refractivity contribution in [3.8, 4) is 0 Å². The third kappa shape index (κ3) is 19.5. The predicted octanol–water partition coefficient (Wildman–Crippen LogP) is 1.89. The molecule has 0 bridgehead atoms. The molecule has 13 nitrogen and oxygen atoms in total. The van der Waals surface area contributed by atoms with E-state index in [9.17, 15) is 14.4 Å². The monoisotopic (exact) mass is 612 g/mol. The third-order valence-corrected chi connectivity index (χ3v) is 9.83. The van der Waals surface area contributed by atoms with Crippen LogP contribution in [0, 0.1) is 5.92 Å². The molecule has 0 heterocycles. The summed E-state index contributed by atoms with van der Waals surface area (Å²) in [5.41, 5.74) is 0. The van der Waals surface area contributed by atoms with Crippen molar-refractivity contribution in [2.45, 2.75) is 38.3 Å². The molecular weight excluding hydrogens is 560 g/mol. The van der Waals surface area contributed by atoms with Crippen molar-refractivity contribution in [3.63, 3.8) is 0 Å². The first-order valence-electron chi connectivity index (χ1n) is 13.5. The van der Waals surface area contributed by atoms with Gasteiger partial charge >= 0.3 is 27.0 Å². The van der Waals surface area contributed by atoms with Crippen LogP contribution in [0.3, 0.4) is 0 Å². The van der Waals surface area contributed by atoms with Gasteiger partial charge in [-0.25, -0.2) is 9.59 Å². The number of carbonyl (C=O) groups excluding carboxylic acids is 3. The van der Waals surface area contributed by atoms with Gasteiger partial charge in [0.2, 0.25) is 0 Å². The molecule has 2 atom stereocenters. The van der Waals surface area contributed by atoms with Crippen molar-refractivity contribution in [2.75, 3.05) is 100 Å². The van der Waals surface area contributed by atoms with E-state index in [0.717, 1.165) is 25.9 Å². The second-order valence-electron chi connectivity index (χ2n) is 9.80. The summed E-state index contributed by atoms with van der Waals surface area (Å²) in [5, 5.41) is 5.42. The fraction of sp³-hybridized carbons (Fsp3) is 0.880. The van der Waals surface area contributed by atoms with Crippen molar-refractivity contribution in [1.29, 1.82) is 0 Å². The summed E-state index contributed by atoms with van der Waals surface area (Å²) >= 11 is 1.42. The molecule has 40 heavy (non-hydrogen) atoms. The molecule has 0 spiro atoms. The molecule has 0 rings (SSSR count). The van der Waals surface area contributed by atoms with Gasteiger partial charge in [-0.2, -0.15) is 11.8 Å². The lowest BCUT2D eigenvalue weighted by Gasteiger charge is -2.24. The SMILES string of the molecule is CO[Si](CCCOC(=O)C(C)CSCC(COC(=O)NCCCN(C)C)OC(=O)NCCCN(C)C)(OC)OC.